The van der Waals surface area contributed by atoms with Crippen LogP contribution in [0.3, 0.4) is 0 Å². The largest absolute Gasteiger partial charge is 0.544 e. The number of hydrogen-bond acceptors (Lipinski definition) is 3. The lowest BCUT2D eigenvalue weighted by Crippen LogP contribution is -2.22. The highest BCUT2D eigenvalue weighted by Crippen LogP contribution is 1.65. The van der Waals surface area contributed by atoms with Gasteiger partial charge in [-0.15, -0.1) is 0 Å². The maximum Gasteiger partial charge on any atom is 0.0837 e. The highest BCUT2D eigenvalue weighted by Gasteiger charge is 1.64. The molecule has 0 bridgehead atoms. The number of halogens is 1. The Labute approximate surface area is 39.4 Å². The molecule has 34 valence electrons. The molecule has 0 heterocycles. The Kier molecular flexibility index (Phi) is 2.40. The second kappa shape index (κ2) is 2.66. The molecule has 0 aliphatic rings. The minimum atomic E-state index is -1.38. The third kappa shape index (κ3) is 3.43. The summed E-state index contributed by atoms with van der Waals surface area (Å²) in [6.45, 7) is 0. The number of rotatable bonds is 1. The zero-order valence-corrected chi connectivity index (χ0v) is 3.47. The number of carbonyl (C=O) groups is 1. The van der Waals surface area contributed by atoms with Crippen LogP contribution in [0, 0.1) is 0 Å². The fourth-order valence-corrected chi connectivity index (χ4v) is 0.120. The Morgan fingerprint density at radius 3 is 2.50 bits per heavy atom. The summed E-state index contributed by atoms with van der Waals surface area (Å²) in [4.78, 5) is 9.25. The van der Waals surface area contributed by atoms with Crippen molar-refractivity contribution in [2.24, 2.45) is 4.51 Å². The standard InChI is InChI=1S/C2H2ClNO2/c3-4-1-2(5)6/h1H,(H,5,6)/p-1/b4-1+. The molecule has 0 aromatic rings. The van der Waals surface area contributed by atoms with Gasteiger partial charge in [0, 0.05) is 11.8 Å². The minimum Gasteiger partial charge on any atom is -0.544 e. The second-order valence-electron chi connectivity index (χ2n) is 0.546. The summed E-state index contributed by atoms with van der Waals surface area (Å²) in [6, 6.07) is 0. The summed E-state index contributed by atoms with van der Waals surface area (Å²) in [6.07, 6.45) is 0.488. The van der Waals surface area contributed by atoms with E-state index in [1.54, 1.807) is 0 Å². The fourth-order valence-electron chi connectivity index (χ4n) is 0.0398. The quantitative estimate of drug-likeness (QED) is 0.401. The molecule has 0 saturated carbocycles. The first kappa shape index (κ1) is 5.43. The molecule has 4 heteroatoms. The van der Waals surface area contributed by atoms with E-state index in [0.29, 0.717) is 6.21 Å². The van der Waals surface area contributed by atoms with Crippen molar-refractivity contribution >= 4 is 24.0 Å². The van der Waals surface area contributed by atoms with Crippen LogP contribution in [-0.4, -0.2) is 12.2 Å². The lowest BCUT2D eigenvalue weighted by molar-refractivity contribution is -0.293. The van der Waals surface area contributed by atoms with Gasteiger partial charge in [-0.2, -0.15) is 4.51 Å². The van der Waals surface area contributed by atoms with E-state index in [-0.39, 0.29) is 0 Å². The predicted octanol–water partition coefficient (Wildman–Crippen LogP) is -1.04. The number of aliphatic carboxylic acids is 1. The molecular formula is C2HClNO2-. The van der Waals surface area contributed by atoms with Crippen LogP contribution in [0.1, 0.15) is 0 Å². The van der Waals surface area contributed by atoms with Crippen molar-refractivity contribution in [1.29, 1.82) is 0 Å². The Morgan fingerprint density at radius 1 is 2.00 bits per heavy atom. The smallest absolute Gasteiger partial charge is 0.0837 e. The Balaban J connectivity index is 3.30. The van der Waals surface area contributed by atoms with E-state index in [2.05, 4.69) is 16.3 Å². The highest BCUT2D eigenvalue weighted by molar-refractivity contribution is 6.29. The number of hydrogen-bond donors (Lipinski definition) is 0. The summed E-state index contributed by atoms with van der Waals surface area (Å²) >= 11 is 4.55. The lowest BCUT2D eigenvalue weighted by atomic mass is 10.8. The van der Waals surface area contributed by atoms with Gasteiger partial charge in [-0.1, -0.05) is 0 Å². The van der Waals surface area contributed by atoms with Gasteiger partial charge in [-0.3, -0.25) is 0 Å². The van der Waals surface area contributed by atoms with Crippen molar-refractivity contribution < 1.29 is 9.90 Å². The van der Waals surface area contributed by atoms with Crippen LogP contribution in [0.5, 0.6) is 0 Å². The average Bonchev–Trinajstić information content (AvgIpc) is 1.35. The topological polar surface area (TPSA) is 52.5 Å². The molecule has 0 aliphatic carbocycles. The first-order valence-corrected chi connectivity index (χ1v) is 1.46. The van der Waals surface area contributed by atoms with Gasteiger partial charge in [0.05, 0.1) is 12.2 Å². The first-order chi connectivity index (χ1) is 2.77. The molecule has 0 spiro atoms. The van der Waals surface area contributed by atoms with Gasteiger partial charge < -0.3 is 9.90 Å². The van der Waals surface area contributed by atoms with Crippen molar-refractivity contribution in [2.75, 3.05) is 0 Å². The zero-order chi connectivity index (χ0) is 4.99. The maximum absolute atomic E-state index is 9.25. The summed E-state index contributed by atoms with van der Waals surface area (Å²) in [5.74, 6) is -1.38. The SMILES string of the molecule is O=C([O-])/C=N/Cl. The minimum absolute atomic E-state index is 0.488. The van der Waals surface area contributed by atoms with E-state index in [9.17, 15) is 9.90 Å². The molecule has 0 N–H and O–H groups in total. The van der Waals surface area contributed by atoms with E-state index in [4.69, 9.17) is 0 Å². The van der Waals surface area contributed by atoms with Crippen molar-refractivity contribution in [3.63, 3.8) is 0 Å². The van der Waals surface area contributed by atoms with Gasteiger partial charge in [-0.05, 0) is 0 Å². The molecule has 0 unspecified atom stereocenters. The Morgan fingerprint density at radius 2 is 2.50 bits per heavy atom. The van der Waals surface area contributed by atoms with Crippen LogP contribution in [-0.2, 0) is 4.79 Å². The predicted molar refractivity (Wildman–Crippen MR) is 19.4 cm³/mol. The van der Waals surface area contributed by atoms with Crippen LogP contribution in [0.2, 0.25) is 0 Å². The molecule has 0 aromatic carbocycles. The average molecular weight is 106 g/mol. The third-order valence-electron chi connectivity index (χ3n) is 0.154. The summed E-state index contributed by atoms with van der Waals surface area (Å²) in [7, 11) is 0. The molecule has 3 nitrogen and oxygen atoms in total. The van der Waals surface area contributed by atoms with Crippen LogP contribution in [0.25, 0.3) is 0 Å². The number of carboxylic acid groups (broad SMARTS) is 1. The molecule has 6 heavy (non-hydrogen) atoms. The molecule has 0 saturated heterocycles. The van der Waals surface area contributed by atoms with E-state index >= 15 is 0 Å². The van der Waals surface area contributed by atoms with E-state index in [1.807, 2.05) is 0 Å². The van der Waals surface area contributed by atoms with Crippen LogP contribution < -0.4 is 5.11 Å². The second-order valence-corrected chi connectivity index (χ2v) is 0.741. The normalized spacial score (nSPS) is 9.50. The monoisotopic (exact) mass is 106 g/mol. The van der Waals surface area contributed by atoms with Crippen molar-refractivity contribution in [2.45, 2.75) is 0 Å². The molecule has 0 atom stereocenters. The molecule has 0 aliphatic heterocycles. The van der Waals surface area contributed by atoms with Crippen molar-refractivity contribution in [3.05, 3.63) is 0 Å². The van der Waals surface area contributed by atoms with Gasteiger partial charge in [0.15, 0.2) is 0 Å². The van der Waals surface area contributed by atoms with Gasteiger partial charge >= 0.3 is 0 Å². The van der Waals surface area contributed by atoms with Crippen LogP contribution in [0.15, 0.2) is 4.51 Å². The highest BCUT2D eigenvalue weighted by atomic mass is 35.5. The first-order valence-electron chi connectivity index (χ1n) is 1.12. The summed E-state index contributed by atoms with van der Waals surface area (Å²) in [5.41, 5.74) is 0. The van der Waals surface area contributed by atoms with Crippen LogP contribution in [0.4, 0.5) is 0 Å². The molecule has 0 amide bonds. The maximum atomic E-state index is 9.25. The van der Waals surface area contributed by atoms with Gasteiger partial charge in [0.1, 0.15) is 0 Å². The fraction of sp³-hybridized carbons (Fsp3) is 0. The Hall–Kier alpha value is -0.570. The van der Waals surface area contributed by atoms with Gasteiger partial charge in [0.2, 0.25) is 0 Å². The molecule has 0 radical (unpaired) electrons. The number of carbonyl (C=O) groups excluding carboxylic acids is 1. The van der Waals surface area contributed by atoms with Crippen LogP contribution >= 0.6 is 11.8 Å². The summed E-state index contributed by atoms with van der Waals surface area (Å²) in [5, 5.41) is 9.25. The number of nitrogens with zero attached hydrogens (tertiary/aromatic N) is 1. The van der Waals surface area contributed by atoms with E-state index < -0.39 is 5.97 Å². The lowest BCUT2D eigenvalue weighted by Gasteiger charge is -1.81. The molecule has 0 rings (SSSR count). The van der Waals surface area contributed by atoms with Crippen molar-refractivity contribution in [1.82, 2.24) is 0 Å². The summed E-state index contributed by atoms with van der Waals surface area (Å²) < 4.78 is 2.62. The van der Waals surface area contributed by atoms with E-state index in [1.165, 1.54) is 0 Å². The zero-order valence-electron chi connectivity index (χ0n) is 2.72. The third-order valence-corrected chi connectivity index (χ3v) is 0.252. The molecular weight excluding hydrogens is 105 g/mol. The van der Waals surface area contributed by atoms with E-state index in [0.717, 1.165) is 0 Å². The number of carboxylic acids is 1. The van der Waals surface area contributed by atoms with Crippen molar-refractivity contribution in [3.8, 4) is 0 Å². The van der Waals surface area contributed by atoms with Gasteiger partial charge in [0.25, 0.3) is 0 Å². The Bertz CT molecular complexity index is 79.6. The molecule has 0 aromatic heterocycles. The van der Waals surface area contributed by atoms with Gasteiger partial charge in [-0.25, -0.2) is 0 Å². The molecule has 0 fully saturated rings.